The van der Waals surface area contributed by atoms with Gasteiger partial charge in [-0.15, -0.1) is 0 Å². The van der Waals surface area contributed by atoms with E-state index in [4.69, 9.17) is 11.5 Å². The minimum atomic E-state index is -0.506. The molecule has 0 saturated heterocycles. The molecule has 0 bridgehead atoms. The summed E-state index contributed by atoms with van der Waals surface area (Å²) in [5.74, 6) is -0.506. The van der Waals surface area contributed by atoms with Gasteiger partial charge in [0.25, 0.3) is 5.91 Å². The summed E-state index contributed by atoms with van der Waals surface area (Å²) in [4.78, 5) is 13.4. The highest BCUT2D eigenvalue weighted by molar-refractivity contribution is 6.00. The van der Waals surface area contributed by atoms with Crippen molar-refractivity contribution in [1.29, 1.82) is 0 Å². The molecule has 104 valence electrons. The Balaban J connectivity index is 2.30. The van der Waals surface area contributed by atoms with Gasteiger partial charge in [0.1, 0.15) is 0 Å². The first-order valence-corrected chi connectivity index (χ1v) is 6.44. The van der Waals surface area contributed by atoms with Crippen LogP contribution in [0.2, 0.25) is 0 Å². The molecule has 4 heteroatoms. The van der Waals surface area contributed by atoms with Crippen LogP contribution in [-0.2, 0) is 6.54 Å². The van der Waals surface area contributed by atoms with Crippen LogP contribution in [0.15, 0.2) is 42.5 Å². The lowest BCUT2D eigenvalue weighted by Crippen LogP contribution is -2.21. The SMILES string of the molecule is Cc1ccccc1CN(C)c1cccc(C(N)=O)c1N. The number of primary amides is 1. The molecule has 0 aliphatic rings. The average Bonchev–Trinajstić information content (AvgIpc) is 2.41. The number of hydrogen-bond donors (Lipinski definition) is 2. The summed E-state index contributed by atoms with van der Waals surface area (Å²) < 4.78 is 0. The summed E-state index contributed by atoms with van der Waals surface area (Å²) in [5, 5.41) is 0. The summed E-state index contributed by atoms with van der Waals surface area (Å²) in [6, 6.07) is 13.5. The molecule has 20 heavy (non-hydrogen) atoms. The molecule has 0 fully saturated rings. The van der Waals surface area contributed by atoms with E-state index in [9.17, 15) is 4.79 Å². The number of aryl methyl sites for hydroxylation is 1. The molecule has 0 spiro atoms. The van der Waals surface area contributed by atoms with Gasteiger partial charge >= 0.3 is 0 Å². The summed E-state index contributed by atoms with van der Waals surface area (Å²) in [7, 11) is 1.95. The molecule has 0 atom stereocenters. The number of nitrogens with zero attached hydrogens (tertiary/aromatic N) is 1. The quantitative estimate of drug-likeness (QED) is 0.837. The van der Waals surface area contributed by atoms with Gasteiger partial charge in [0.15, 0.2) is 0 Å². The van der Waals surface area contributed by atoms with E-state index in [-0.39, 0.29) is 0 Å². The third kappa shape index (κ3) is 2.74. The van der Waals surface area contributed by atoms with Gasteiger partial charge in [-0.3, -0.25) is 4.79 Å². The summed E-state index contributed by atoms with van der Waals surface area (Å²) in [6.07, 6.45) is 0. The van der Waals surface area contributed by atoms with Crippen LogP contribution in [0.1, 0.15) is 21.5 Å². The molecule has 0 aliphatic carbocycles. The Morgan fingerprint density at radius 2 is 1.85 bits per heavy atom. The van der Waals surface area contributed by atoms with Gasteiger partial charge in [0.05, 0.1) is 16.9 Å². The van der Waals surface area contributed by atoms with Gasteiger partial charge in [0, 0.05) is 13.6 Å². The second kappa shape index (κ2) is 5.65. The minimum Gasteiger partial charge on any atom is -0.396 e. The molecule has 2 aromatic rings. The molecule has 4 N–H and O–H groups in total. The normalized spacial score (nSPS) is 10.3. The zero-order valence-electron chi connectivity index (χ0n) is 11.8. The second-order valence-electron chi connectivity index (χ2n) is 4.89. The van der Waals surface area contributed by atoms with Crippen molar-refractivity contribution in [3.63, 3.8) is 0 Å². The van der Waals surface area contributed by atoms with E-state index >= 15 is 0 Å². The van der Waals surface area contributed by atoms with Crippen molar-refractivity contribution in [3.8, 4) is 0 Å². The van der Waals surface area contributed by atoms with Crippen molar-refractivity contribution in [1.82, 2.24) is 0 Å². The van der Waals surface area contributed by atoms with Gasteiger partial charge in [0.2, 0.25) is 0 Å². The van der Waals surface area contributed by atoms with Crippen LogP contribution in [0.4, 0.5) is 11.4 Å². The number of para-hydroxylation sites is 1. The Labute approximate surface area is 119 Å². The minimum absolute atomic E-state index is 0.360. The van der Waals surface area contributed by atoms with Crippen molar-refractivity contribution in [2.75, 3.05) is 17.7 Å². The third-order valence-corrected chi connectivity index (χ3v) is 3.43. The van der Waals surface area contributed by atoms with Gasteiger partial charge < -0.3 is 16.4 Å². The van der Waals surface area contributed by atoms with E-state index in [1.54, 1.807) is 12.1 Å². The highest BCUT2D eigenvalue weighted by Gasteiger charge is 2.13. The standard InChI is InChI=1S/C16H19N3O/c1-11-6-3-4-7-12(11)10-19(2)14-9-5-8-13(15(14)17)16(18)20/h3-9H,10,17H2,1-2H3,(H2,18,20). The lowest BCUT2D eigenvalue weighted by Gasteiger charge is -2.23. The lowest BCUT2D eigenvalue weighted by molar-refractivity contribution is 0.100. The largest absolute Gasteiger partial charge is 0.396 e. The highest BCUT2D eigenvalue weighted by Crippen LogP contribution is 2.27. The van der Waals surface area contributed by atoms with E-state index in [0.717, 1.165) is 12.2 Å². The summed E-state index contributed by atoms with van der Waals surface area (Å²) in [5.41, 5.74) is 15.4. The third-order valence-electron chi connectivity index (χ3n) is 3.43. The van der Waals surface area contributed by atoms with Crippen LogP contribution in [0.3, 0.4) is 0 Å². The van der Waals surface area contributed by atoms with Crippen LogP contribution in [0, 0.1) is 6.92 Å². The van der Waals surface area contributed by atoms with E-state index in [2.05, 4.69) is 19.1 Å². The number of amides is 1. The predicted molar refractivity (Wildman–Crippen MR) is 82.7 cm³/mol. The van der Waals surface area contributed by atoms with E-state index < -0.39 is 5.91 Å². The molecule has 2 rings (SSSR count). The van der Waals surface area contributed by atoms with Crippen LogP contribution in [-0.4, -0.2) is 13.0 Å². The molecule has 0 radical (unpaired) electrons. The molecule has 4 nitrogen and oxygen atoms in total. The van der Waals surface area contributed by atoms with Crippen LogP contribution >= 0.6 is 0 Å². The first kappa shape index (κ1) is 13.9. The first-order valence-electron chi connectivity index (χ1n) is 6.44. The molecule has 2 aromatic carbocycles. The monoisotopic (exact) mass is 269 g/mol. The van der Waals surface area contributed by atoms with Crippen LogP contribution in [0.25, 0.3) is 0 Å². The number of carbonyl (C=O) groups excluding carboxylic acids is 1. The molecular weight excluding hydrogens is 250 g/mol. The molecule has 1 amide bonds. The fourth-order valence-corrected chi connectivity index (χ4v) is 2.23. The summed E-state index contributed by atoms with van der Waals surface area (Å²) in [6.45, 7) is 2.80. The van der Waals surface area contributed by atoms with Gasteiger partial charge in [-0.2, -0.15) is 0 Å². The predicted octanol–water partition coefficient (Wildman–Crippen LogP) is 2.31. The zero-order valence-corrected chi connectivity index (χ0v) is 11.8. The molecule has 0 unspecified atom stereocenters. The number of hydrogen-bond acceptors (Lipinski definition) is 3. The van der Waals surface area contributed by atoms with E-state index in [1.165, 1.54) is 11.1 Å². The van der Waals surface area contributed by atoms with Gasteiger partial charge in [-0.1, -0.05) is 30.3 Å². The Morgan fingerprint density at radius 1 is 1.15 bits per heavy atom. The number of nitrogens with two attached hydrogens (primary N) is 2. The lowest BCUT2D eigenvalue weighted by atomic mass is 10.1. The van der Waals surface area contributed by atoms with Crippen molar-refractivity contribution < 1.29 is 4.79 Å². The first-order chi connectivity index (χ1) is 9.50. The smallest absolute Gasteiger partial charge is 0.250 e. The molecule has 0 aliphatic heterocycles. The maximum atomic E-state index is 11.3. The van der Waals surface area contributed by atoms with Crippen molar-refractivity contribution in [3.05, 3.63) is 59.2 Å². The highest BCUT2D eigenvalue weighted by atomic mass is 16.1. The number of nitrogen functional groups attached to an aromatic ring is 1. The van der Waals surface area contributed by atoms with Crippen molar-refractivity contribution >= 4 is 17.3 Å². The molecule has 0 aromatic heterocycles. The van der Waals surface area contributed by atoms with Crippen LogP contribution in [0.5, 0.6) is 0 Å². The van der Waals surface area contributed by atoms with Crippen molar-refractivity contribution in [2.45, 2.75) is 13.5 Å². The Bertz CT molecular complexity index is 637. The number of carbonyl (C=O) groups is 1. The van der Waals surface area contributed by atoms with Crippen LogP contribution < -0.4 is 16.4 Å². The van der Waals surface area contributed by atoms with E-state index in [1.807, 2.05) is 30.1 Å². The molecular formula is C16H19N3O. The summed E-state index contributed by atoms with van der Waals surface area (Å²) >= 11 is 0. The van der Waals surface area contributed by atoms with Crippen molar-refractivity contribution in [2.24, 2.45) is 5.73 Å². The fraction of sp³-hybridized carbons (Fsp3) is 0.188. The maximum Gasteiger partial charge on any atom is 0.250 e. The molecule has 0 saturated carbocycles. The number of benzene rings is 2. The average molecular weight is 269 g/mol. The number of anilines is 2. The Morgan fingerprint density at radius 3 is 2.50 bits per heavy atom. The fourth-order valence-electron chi connectivity index (χ4n) is 2.23. The Kier molecular flexibility index (Phi) is 3.94. The van der Waals surface area contributed by atoms with E-state index in [0.29, 0.717) is 11.3 Å². The number of rotatable bonds is 4. The van der Waals surface area contributed by atoms with Gasteiger partial charge in [-0.05, 0) is 30.2 Å². The topological polar surface area (TPSA) is 72.3 Å². The maximum absolute atomic E-state index is 11.3. The Hall–Kier alpha value is -2.49. The second-order valence-corrected chi connectivity index (χ2v) is 4.89. The zero-order chi connectivity index (χ0) is 14.7. The van der Waals surface area contributed by atoms with Gasteiger partial charge in [-0.25, -0.2) is 0 Å². The molecule has 0 heterocycles.